The highest BCUT2D eigenvalue weighted by atomic mass is 79.9. The molecule has 0 nitrogen and oxygen atoms in total. The topological polar surface area (TPSA) is 0 Å². The van der Waals surface area contributed by atoms with Crippen LogP contribution in [-0.4, -0.2) is 5.38 Å². The highest BCUT2D eigenvalue weighted by Gasteiger charge is 2.08. The van der Waals surface area contributed by atoms with E-state index in [1.807, 2.05) is 12.1 Å². The molecule has 1 aromatic carbocycles. The molecule has 0 bridgehead atoms. The summed E-state index contributed by atoms with van der Waals surface area (Å²) in [7, 11) is 0. The van der Waals surface area contributed by atoms with E-state index in [1.54, 1.807) is 0 Å². The van der Waals surface area contributed by atoms with Crippen LogP contribution in [0.15, 0.2) is 22.7 Å². The first-order valence-corrected chi connectivity index (χ1v) is 6.80. The van der Waals surface area contributed by atoms with Gasteiger partial charge >= 0.3 is 0 Å². The molecule has 0 saturated carbocycles. The van der Waals surface area contributed by atoms with Crippen LogP contribution in [0.25, 0.3) is 0 Å². The van der Waals surface area contributed by atoms with Crippen molar-refractivity contribution in [3.8, 4) is 0 Å². The number of halogens is 3. The molecule has 1 aromatic rings. The Morgan fingerprint density at radius 2 is 2.06 bits per heavy atom. The number of rotatable bonds is 5. The zero-order valence-corrected chi connectivity index (χ0v) is 12.0. The third kappa shape index (κ3) is 4.84. The predicted molar refractivity (Wildman–Crippen MR) is 71.5 cm³/mol. The molecule has 1 unspecified atom stereocenters. The smallest absolute Gasteiger partial charge is 0.137 e. The molecule has 90 valence electrons. The minimum atomic E-state index is -0.214. The summed E-state index contributed by atoms with van der Waals surface area (Å²) in [6, 6.07) is 5.14. The first kappa shape index (κ1) is 14.0. The molecule has 0 aliphatic heterocycles. The van der Waals surface area contributed by atoms with Crippen LogP contribution in [0.1, 0.15) is 32.3 Å². The minimum absolute atomic E-state index is 0.212. The van der Waals surface area contributed by atoms with Gasteiger partial charge in [0, 0.05) is 5.38 Å². The van der Waals surface area contributed by atoms with Crippen molar-refractivity contribution < 1.29 is 4.39 Å². The molecule has 0 heterocycles. The molecule has 0 aromatic heterocycles. The van der Waals surface area contributed by atoms with Gasteiger partial charge in [-0.15, -0.1) is 11.6 Å². The van der Waals surface area contributed by atoms with E-state index in [4.69, 9.17) is 11.6 Å². The fourth-order valence-corrected chi connectivity index (χ4v) is 2.54. The van der Waals surface area contributed by atoms with Gasteiger partial charge in [-0.05, 0) is 58.8 Å². The van der Waals surface area contributed by atoms with Gasteiger partial charge in [-0.1, -0.05) is 19.9 Å². The summed E-state index contributed by atoms with van der Waals surface area (Å²) in [5.74, 6) is 0.413. The van der Waals surface area contributed by atoms with Gasteiger partial charge in [0.15, 0.2) is 0 Å². The Labute approximate surface area is 110 Å². The second-order valence-corrected chi connectivity index (χ2v) is 5.99. The predicted octanol–water partition coefficient (Wildman–Crippen LogP) is 5.17. The monoisotopic (exact) mass is 306 g/mol. The van der Waals surface area contributed by atoms with Crippen LogP contribution in [0.3, 0.4) is 0 Å². The van der Waals surface area contributed by atoms with Crippen LogP contribution < -0.4 is 0 Å². The summed E-state index contributed by atoms with van der Waals surface area (Å²) in [6.45, 7) is 4.34. The molecule has 0 aliphatic carbocycles. The second kappa shape index (κ2) is 6.61. The van der Waals surface area contributed by atoms with E-state index < -0.39 is 0 Å². The van der Waals surface area contributed by atoms with Gasteiger partial charge in [0.2, 0.25) is 0 Å². The highest BCUT2D eigenvalue weighted by Crippen LogP contribution is 2.20. The van der Waals surface area contributed by atoms with E-state index in [1.165, 1.54) is 6.07 Å². The zero-order chi connectivity index (χ0) is 12.1. The Morgan fingerprint density at radius 3 is 2.62 bits per heavy atom. The normalized spacial score (nSPS) is 13.1. The lowest BCUT2D eigenvalue weighted by Crippen LogP contribution is -2.05. The Balaban J connectivity index is 2.45. The lowest BCUT2D eigenvalue weighted by Gasteiger charge is -2.11. The van der Waals surface area contributed by atoms with Gasteiger partial charge in [-0.3, -0.25) is 0 Å². The first-order chi connectivity index (χ1) is 7.49. The van der Waals surface area contributed by atoms with Crippen molar-refractivity contribution in [1.82, 2.24) is 0 Å². The number of alkyl halides is 1. The highest BCUT2D eigenvalue weighted by molar-refractivity contribution is 9.10. The quantitative estimate of drug-likeness (QED) is 0.658. The molecule has 0 spiro atoms. The van der Waals surface area contributed by atoms with Crippen molar-refractivity contribution >= 4 is 27.5 Å². The molecular weight excluding hydrogens is 290 g/mol. The standard InChI is InChI=1S/C13H17BrClF/c1-9(2)7-11(15)5-3-10-4-6-13(16)12(14)8-10/h4,6,8-9,11H,3,5,7H2,1-2H3. The largest absolute Gasteiger partial charge is 0.206 e. The summed E-state index contributed by atoms with van der Waals surface area (Å²) >= 11 is 9.40. The Hall–Kier alpha value is -0.0800. The molecule has 0 N–H and O–H groups in total. The van der Waals surface area contributed by atoms with Crippen molar-refractivity contribution in [3.05, 3.63) is 34.1 Å². The van der Waals surface area contributed by atoms with E-state index in [9.17, 15) is 4.39 Å². The summed E-state index contributed by atoms with van der Waals surface area (Å²) in [5.41, 5.74) is 1.13. The first-order valence-electron chi connectivity index (χ1n) is 5.57. The molecule has 0 fully saturated rings. The van der Waals surface area contributed by atoms with Crippen LogP contribution in [0, 0.1) is 11.7 Å². The van der Waals surface area contributed by atoms with Gasteiger partial charge in [-0.2, -0.15) is 0 Å². The molecule has 3 heteroatoms. The van der Waals surface area contributed by atoms with Gasteiger partial charge < -0.3 is 0 Å². The maximum atomic E-state index is 13.0. The summed E-state index contributed by atoms with van der Waals surface area (Å²) in [5, 5.41) is 0.212. The average Bonchev–Trinajstić information content (AvgIpc) is 2.19. The molecule has 0 saturated heterocycles. The van der Waals surface area contributed by atoms with E-state index in [0.29, 0.717) is 10.4 Å². The molecular formula is C13H17BrClF. The van der Waals surface area contributed by atoms with Crippen LogP contribution in [-0.2, 0) is 6.42 Å². The van der Waals surface area contributed by atoms with Crippen LogP contribution in [0.5, 0.6) is 0 Å². The summed E-state index contributed by atoms with van der Waals surface area (Å²) < 4.78 is 13.5. The van der Waals surface area contributed by atoms with Gasteiger partial charge in [-0.25, -0.2) is 4.39 Å². The fourth-order valence-electron chi connectivity index (χ4n) is 1.65. The van der Waals surface area contributed by atoms with Crippen molar-refractivity contribution in [2.75, 3.05) is 0 Å². The number of hydrogen-bond donors (Lipinski definition) is 0. The van der Waals surface area contributed by atoms with Crippen molar-refractivity contribution in [2.45, 2.75) is 38.5 Å². The molecule has 0 radical (unpaired) electrons. The van der Waals surface area contributed by atoms with Crippen LogP contribution >= 0.6 is 27.5 Å². The Kier molecular flexibility index (Phi) is 5.77. The van der Waals surface area contributed by atoms with Gasteiger partial charge in [0.1, 0.15) is 5.82 Å². The minimum Gasteiger partial charge on any atom is -0.206 e. The van der Waals surface area contributed by atoms with E-state index >= 15 is 0 Å². The lowest BCUT2D eigenvalue weighted by atomic mass is 10.0. The Bertz CT molecular complexity index is 339. The van der Waals surface area contributed by atoms with Crippen molar-refractivity contribution in [2.24, 2.45) is 5.92 Å². The summed E-state index contributed by atoms with van der Waals surface area (Å²) in [4.78, 5) is 0. The van der Waals surface area contributed by atoms with Crippen molar-refractivity contribution in [3.63, 3.8) is 0 Å². The number of aryl methyl sites for hydroxylation is 1. The van der Waals surface area contributed by atoms with Gasteiger partial charge in [0.05, 0.1) is 4.47 Å². The van der Waals surface area contributed by atoms with Gasteiger partial charge in [0.25, 0.3) is 0 Å². The number of hydrogen-bond acceptors (Lipinski definition) is 0. The molecule has 1 atom stereocenters. The third-order valence-corrected chi connectivity index (χ3v) is 3.46. The lowest BCUT2D eigenvalue weighted by molar-refractivity contribution is 0.544. The summed E-state index contributed by atoms with van der Waals surface area (Å²) in [6.07, 6.45) is 2.88. The Morgan fingerprint density at radius 1 is 1.38 bits per heavy atom. The van der Waals surface area contributed by atoms with Crippen LogP contribution in [0.4, 0.5) is 4.39 Å². The zero-order valence-electron chi connectivity index (χ0n) is 9.64. The molecule has 0 amide bonds. The van der Waals surface area contributed by atoms with Crippen molar-refractivity contribution in [1.29, 1.82) is 0 Å². The third-order valence-electron chi connectivity index (χ3n) is 2.46. The maximum absolute atomic E-state index is 13.0. The molecule has 0 aliphatic rings. The fraction of sp³-hybridized carbons (Fsp3) is 0.538. The number of benzene rings is 1. The average molecular weight is 308 g/mol. The maximum Gasteiger partial charge on any atom is 0.137 e. The molecule has 1 rings (SSSR count). The molecule has 16 heavy (non-hydrogen) atoms. The van der Waals surface area contributed by atoms with E-state index in [-0.39, 0.29) is 11.2 Å². The van der Waals surface area contributed by atoms with E-state index in [2.05, 4.69) is 29.8 Å². The SMILES string of the molecule is CC(C)CC(Cl)CCc1ccc(F)c(Br)c1. The van der Waals surface area contributed by atoms with E-state index in [0.717, 1.165) is 24.8 Å². The van der Waals surface area contributed by atoms with Crippen LogP contribution in [0.2, 0.25) is 0 Å². The second-order valence-electron chi connectivity index (χ2n) is 4.51.